The number of anilines is 1. The molecule has 1 amide bonds. The van der Waals surface area contributed by atoms with Crippen molar-refractivity contribution in [1.82, 2.24) is 5.32 Å². The van der Waals surface area contributed by atoms with Gasteiger partial charge in [0, 0.05) is 11.7 Å². The van der Waals surface area contributed by atoms with Crippen LogP contribution < -0.4 is 15.8 Å². The fourth-order valence-corrected chi connectivity index (χ4v) is 2.71. The highest BCUT2D eigenvalue weighted by Crippen LogP contribution is 2.26. The molecule has 0 aromatic heterocycles. The molecule has 0 saturated heterocycles. The van der Waals surface area contributed by atoms with Crippen molar-refractivity contribution < 1.29 is 9.53 Å². The largest absolute Gasteiger partial charge is 0.482 e. The van der Waals surface area contributed by atoms with Crippen LogP contribution in [-0.4, -0.2) is 18.6 Å². The third-order valence-electron chi connectivity index (χ3n) is 3.53. The lowest BCUT2D eigenvalue weighted by Crippen LogP contribution is -2.37. The van der Waals surface area contributed by atoms with Crippen LogP contribution in [0.15, 0.2) is 18.2 Å². The van der Waals surface area contributed by atoms with Gasteiger partial charge in [0.15, 0.2) is 6.61 Å². The van der Waals surface area contributed by atoms with Gasteiger partial charge < -0.3 is 15.8 Å². The second kappa shape index (κ2) is 7.39. The van der Waals surface area contributed by atoms with E-state index in [-0.39, 0.29) is 18.6 Å². The van der Waals surface area contributed by atoms with Crippen LogP contribution >= 0.6 is 11.6 Å². The second-order valence-corrected chi connectivity index (χ2v) is 5.64. The first-order valence-electron chi connectivity index (χ1n) is 7.12. The summed E-state index contributed by atoms with van der Waals surface area (Å²) < 4.78 is 5.43. The van der Waals surface area contributed by atoms with Gasteiger partial charge in [-0.2, -0.15) is 0 Å². The van der Waals surface area contributed by atoms with Gasteiger partial charge in [0.2, 0.25) is 0 Å². The molecule has 0 unspecified atom stereocenters. The maximum Gasteiger partial charge on any atom is 0.258 e. The highest BCUT2D eigenvalue weighted by atomic mass is 35.5. The minimum absolute atomic E-state index is 0.0138. The molecule has 1 aliphatic carbocycles. The molecule has 1 saturated carbocycles. The summed E-state index contributed by atoms with van der Waals surface area (Å²) in [6.45, 7) is -0.0138. The van der Waals surface area contributed by atoms with Crippen molar-refractivity contribution in [3.63, 3.8) is 0 Å². The molecular weight excluding hydrogens is 276 g/mol. The van der Waals surface area contributed by atoms with Crippen molar-refractivity contribution in [3.05, 3.63) is 23.2 Å². The third kappa shape index (κ3) is 4.60. The number of nitrogen functional groups attached to an aromatic ring is 1. The summed E-state index contributed by atoms with van der Waals surface area (Å²) in [5, 5.41) is 3.45. The monoisotopic (exact) mass is 296 g/mol. The summed E-state index contributed by atoms with van der Waals surface area (Å²) in [6, 6.07) is 5.27. The number of carbonyl (C=O) groups excluding carboxylic acids is 1. The van der Waals surface area contributed by atoms with Gasteiger partial charge in [-0.3, -0.25) is 4.79 Å². The van der Waals surface area contributed by atoms with E-state index in [9.17, 15) is 4.79 Å². The van der Waals surface area contributed by atoms with E-state index in [4.69, 9.17) is 22.1 Å². The predicted molar refractivity (Wildman–Crippen MR) is 81.0 cm³/mol. The maximum atomic E-state index is 11.9. The zero-order chi connectivity index (χ0) is 14.4. The molecule has 1 aromatic rings. The molecule has 0 atom stereocenters. The first-order valence-corrected chi connectivity index (χ1v) is 7.50. The fraction of sp³-hybridized carbons (Fsp3) is 0.533. The molecular formula is C15H21ClN2O2. The number of nitrogens with one attached hydrogen (secondary N) is 1. The summed E-state index contributed by atoms with van der Waals surface area (Å²) >= 11 is 5.99. The number of amides is 1. The Bertz CT molecular complexity index is 457. The van der Waals surface area contributed by atoms with Gasteiger partial charge in [-0.25, -0.2) is 0 Å². The lowest BCUT2D eigenvalue weighted by atomic mass is 10.1. The standard InChI is InChI=1S/C15H21ClN2O2/c16-13-9-11(17)7-8-14(13)20-10-15(19)18-12-5-3-1-2-4-6-12/h7-9,12H,1-6,10,17H2,(H,18,19). The number of rotatable bonds is 4. The smallest absolute Gasteiger partial charge is 0.258 e. The number of ether oxygens (including phenoxy) is 1. The molecule has 1 fully saturated rings. The van der Waals surface area contributed by atoms with Crippen LogP contribution in [0, 0.1) is 0 Å². The Kier molecular flexibility index (Phi) is 5.53. The molecule has 0 heterocycles. The number of hydrogen-bond acceptors (Lipinski definition) is 3. The number of halogens is 1. The molecule has 3 N–H and O–H groups in total. The Labute approximate surface area is 124 Å². The summed E-state index contributed by atoms with van der Waals surface area (Å²) in [4.78, 5) is 11.9. The highest BCUT2D eigenvalue weighted by molar-refractivity contribution is 6.32. The van der Waals surface area contributed by atoms with Crippen molar-refractivity contribution in [1.29, 1.82) is 0 Å². The average Bonchev–Trinajstić information content (AvgIpc) is 2.66. The van der Waals surface area contributed by atoms with Crippen molar-refractivity contribution in [2.75, 3.05) is 12.3 Å². The fourth-order valence-electron chi connectivity index (χ4n) is 2.47. The first-order chi connectivity index (χ1) is 9.65. The Morgan fingerprint density at radius 2 is 2.00 bits per heavy atom. The predicted octanol–water partition coefficient (Wildman–Crippen LogP) is 3.14. The van der Waals surface area contributed by atoms with Crippen molar-refractivity contribution in [3.8, 4) is 5.75 Å². The zero-order valence-electron chi connectivity index (χ0n) is 11.5. The van der Waals surface area contributed by atoms with Gasteiger partial charge in [-0.1, -0.05) is 37.3 Å². The van der Waals surface area contributed by atoms with E-state index in [1.54, 1.807) is 18.2 Å². The minimum Gasteiger partial charge on any atom is -0.482 e. The van der Waals surface area contributed by atoms with Crippen molar-refractivity contribution in [2.45, 2.75) is 44.6 Å². The number of benzene rings is 1. The lowest BCUT2D eigenvalue weighted by Gasteiger charge is -2.16. The van der Waals surface area contributed by atoms with Crippen LogP contribution in [0.3, 0.4) is 0 Å². The van der Waals surface area contributed by atoms with Crippen LogP contribution in [0.2, 0.25) is 5.02 Å². The molecule has 0 radical (unpaired) electrons. The Morgan fingerprint density at radius 1 is 1.30 bits per heavy atom. The van der Waals surface area contributed by atoms with Gasteiger partial charge in [0.25, 0.3) is 5.91 Å². The molecule has 4 nitrogen and oxygen atoms in total. The van der Waals surface area contributed by atoms with Gasteiger partial charge >= 0.3 is 0 Å². The van der Waals surface area contributed by atoms with Crippen LogP contribution in [-0.2, 0) is 4.79 Å². The summed E-state index contributed by atoms with van der Waals surface area (Å²) in [5.74, 6) is 0.390. The summed E-state index contributed by atoms with van der Waals surface area (Å²) in [5.41, 5.74) is 6.18. The van der Waals surface area contributed by atoms with Crippen molar-refractivity contribution >= 4 is 23.2 Å². The van der Waals surface area contributed by atoms with Gasteiger partial charge in [-0.05, 0) is 31.0 Å². The van der Waals surface area contributed by atoms with Crippen LogP contribution in [0.25, 0.3) is 0 Å². The molecule has 0 aliphatic heterocycles. The SMILES string of the molecule is Nc1ccc(OCC(=O)NC2CCCCCC2)c(Cl)c1. The van der Waals surface area contributed by atoms with Crippen molar-refractivity contribution in [2.24, 2.45) is 0 Å². The quantitative estimate of drug-likeness (QED) is 0.663. The van der Waals surface area contributed by atoms with Gasteiger partial charge in [0.1, 0.15) is 5.75 Å². The van der Waals surface area contributed by atoms with Crippen LogP contribution in [0.4, 0.5) is 5.69 Å². The third-order valence-corrected chi connectivity index (χ3v) is 3.83. The molecule has 0 bridgehead atoms. The second-order valence-electron chi connectivity index (χ2n) is 5.23. The summed E-state index contributed by atoms with van der Waals surface area (Å²) in [7, 11) is 0. The number of hydrogen-bond donors (Lipinski definition) is 2. The van der Waals surface area contributed by atoms with E-state index in [1.807, 2.05) is 0 Å². The molecule has 20 heavy (non-hydrogen) atoms. The zero-order valence-corrected chi connectivity index (χ0v) is 12.3. The molecule has 1 aromatic carbocycles. The minimum atomic E-state index is -0.0928. The normalized spacial score (nSPS) is 16.4. The lowest BCUT2D eigenvalue weighted by molar-refractivity contribution is -0.123. The Balaban J connectivity index is 1.79. The van der Waals surface area contributed by atoms with E-state index < -0.39 is 0 Å². The number of nitrogens with two attached hydrogens (primary N) is 1. The van der Waals surface area contributed by atoms with E-state index in [2.05, 4.69) is 5.32 Å². The molecule has 1 aliphatic rings. The maximum absolute atomic E-state index is 11.9. The average molecular weight is 297 g/mol. The van der Waals surface area contributed by atoms with Gasteiger partial charge in [-0.15, -0.1) is 0 Å². The first kappa shape index (κ1) is 15.0. The molecule has 2 rings (SSSR count). The molecule has 5 heteroatoms. The Hall–Kier alpha value is -1.42. The Morgan fingerprint density at radius 3 is 2.65 bits per heavy atom. The van der Waals surface area contributed by atoms with Gasteiger partial charge in [0.05, 0.1) is 5.02 Å². The molecule has 0 spiro atoms. The molecule has 110 valence electrons. The van der Waals surface area contributed by atoms with E-state index >= 15 is 0 Å². The van der Waals surface area contributed by atoms with E-state index in [0.29, 0.717) is 16.5 Å². The van der Waals surface area contributed by atoms with E-state index in [0.717, 1.165) is 12.8 Å². The number of carbonyl (C=O) groups is 1. The van der Waals surface area contributed by atoms with E-state index in [1.165, 1.54) is 25.7 Å². The topological polar surface area (TPSA) is 64.3 Å². The highest BCUT2D eigenvalue weighted by Gasteiger charge is 2.15. The van der Waals surface area contributed by atoms with Crippen LogP contribution in [0.5, 0.6) is 5.75 Å². The summed E-state index contributed by atoms with van der Waals surface area (Å²) in [6.07, 6.45) is 7.04. The van der Waals surface area contributed by atoms with Crippen LogP contribution in [0.1, 0.15) is 38.5 Å².